The van der Waals surface area contributed by atoms with Crippen LogP contribution in [0.5, 0.6) is 5.75 Å². The second kappa shape index (κ2) is 4.28. The first-order valence-corrected chi connectivity index (χ1v) is 6.50. The molecule has 1 aromatic rings. The highest BCUT2D eigenvalue weighted by atomic mass is 16.5. The number of carbonyl (C=O) groups excluding carboxylic acids is 1. The molecule has 0 radical (unpaired) electrons. The van der Waals surface area contributed by atoms with Crippen molar-refractivity contribution >= 4 is 5.91 Å². The van der Waals surface area contributed by atoms with E-state index in [1.165, 1.54) is 5.56 Å². The van der Waals surface area contributed by atoms with Crippen LogP contribution in [0.15, 0.2) is 18.2 Å². The molecule has 2 aliphatic rings. The first-order chi connectivity index (χ1) is 8.76. The Labute approximate surface area is 107 Å². The Morgan fingerprint density at radius 3 is 2.94 bits per heavy atom. The number of fused-ring (bicyclic) bond motifs is 1. The Balaban J connectivity index is 1.90. The number of rotatable bonds is 3. The van der Waals surface area contributed by atoms with E-state index in [9.17, 15) is 4.79 Å². The summed E-state index contributed by atoms with van der Waals surface area (Å²) in [7, 11) is 1.72. The van der Waals surface area contributed by atoms with Crippen molar-refractivity contribution in [2.45, 2.75) is 31.1 Å². The van der Waals surface area contributed by atoms with Gasteiger partial charge in [0.05, 0.1) is 12.0 Å². The van der Waals surface area contributed by atoms with Gasteiger partial charge in [0.15, 0.2) is 0 Å². The molecule has 96 valence electrons. The minimum absolute atomic E-state index is 0.0710. The van der Waals surface area contributed by atoms with Crippen LogP contribution in [0, 0.1) is 0 Å². The molecule has 1 aromatic carbocycles. The lowest BCUT2D eigenvalue weighted by Gasteiger charge is -2.21. The number of nitrogens with one attached hydrogen (secondary N) is 2. The first kappa shape index (κ1) is 11.5. The zero-order valence-corrected chi connectivity index (χ0v) is 10.6. The van der Waals surface area contributed by atoms with Gasteiger partial charge in [0.2, 0.25) is 5.91 Å². The van der Waals surface area contributed by atoms with Crippen molar-refractivity contribution in [3.05, 3.63) is 29.3 Å². The van der Waals surface area contributed by atoms with Crippen LogP contribution in [0.2, 0.25) is 0 Å². The minimum atomic E-state index is -0.310. The summed E-state index contributed by atoms with van der Waals surface area (Å²) in [5, 5.41) is 0. The molecular formula is C14H18N2O2. The zero-order chi connectivity index (χ0) is 12.6. The minimum Gasteiger partial charge on any atom is -0.493 e. The van der Waals surface area contributed by atoms with Crippen molar-refractivity contribution in [3.63, 3.8) is 0 Å². The van der Waals surface area contributed by atoms with E-state index < -0.39 is 0 Å². The van der Waals surface area contributed by atoms with Crippen molar-refractivity contribution in [3.8, 4) is 5.75 Å². The van der Waals surface area contributed by atoms with Gasteiger partial charge in [-0.15, -0.1) is 0 Å². The van der Waals surface area contributed by atoms with Gasteiger partial charge >= 0.3 is 0 Å². The number of hydrazine groups is 1. The fourth-order valence-corrected chi connectivity index (χ4v) is 2.66. The van der Waals surface area contributed by atoms with Crippen molar-refractivity contribution in [1.82, 2.24) is 10.9 Å². The molecule has 1 amide bonds. The van der Waals surface area contributed by atoms with Gasteiger partial charge in [0.1, 0.15) is 5.75 Å². The number of hydrogen-bond donors (Lipinski definition) is 2. The molecule has 0 spiro atoms. The molecule has 1 aliphatic heterocycles. The van der Waals surface area contributed by atoms with Crippen LogP contribution >= 0.6 is 0 Å². The third-order valence-electron chi connectivity index (χ3n) is 3.88. The topological polar surface area (TPSA) is 50.4 Å². The lowest BCUT2D eigenvalue weighted by molar-refractivity contribution is -0.124. The molecular weight excluding hydrogens is 228 g/mol. The highest BCUT2D eigenvalue weighted by Gasteiger charge is 2.51. The second-order valence-electron chi connectivity index (χ2n) is 5.06. The monoisotopic (exact) mass is 246 g/mol. The molecule has 1 saturated carbocycles. The number of hydrogen-bond acceptors (Lipinski definition) is 3. The summed E-state index contributed by atoms with van der Waals surface area (Å²) in [5.41, 5.74) is 7.48. The van der Waals surface area contributed by atoms with E-state index in [0.717, 1.165) is 43.6 Å². The molecule has 4 heteroatoms. The molecule has 2 N–H and O–H groups in total. The van der Waals surface area contributed by atoms with E-state index in [2.05, 4.69) is 16.9 Å². The molecule has 1 fully saturated rings. The van der Waals surface area contributed by atoms with Crippen LogP contribution in [-0.2, 0) is 16.6 Å². The van der Waals surface area contributed by atoms with Crippen LogP contribution in [0.25, 0.3) is 0 Å². The summed E-state index contributed by atoms with van der Waals surface area (Å²) in [6, 6.07) is 6.19. The quantitative estimate of drug-likeness (QED) is 0.790. The summed E-state index contributed by atoms with van der Waals surface area (Å²) in [4.78, 5) is 12.1. The maximum absolute atomic E-state index is 12.1. The van der Waals surface area contributed by atoms with Gasteiger partial charge in [-0.05, 0) is 42.9 Å². The number of carbonyl (C=O) groups is 1. The average molecular weight is 246 g/mol. The van der Waals surface area contributed by atoms with Gasteiger partial charge in [0.25, 0.3) is 0 Å². The van der Waals surface area contributed by atoms with Gasteiger partial charge in [-0.1, -0.05) is 12.1 Å². The molecule has 3 rings (SSSR count). The highest BCUT2D eigenvalue weighted by Crippen LogP contribution is 2.49. The summed E-state index contributed by atoms with van der Waals surface area (Å²) in [5.74, 6) is 1.05. The molecule has 1 heterocycles. The number of benzene rings is 1. The Morgan fingerprint density at radius 1 is 1.39 bits per heavy atom. The highest BCUT2D eigenvalue weighted by molar-refractivity contribution is 5.91. The zero-order valence-electron chi connectivity index (χ0n) is 10.6. The van der Waals surface area contributed by atoms with Crippen LogP contribution in [-0.4, -0.2) is 19.6 Å². The summed E-state index contributed by atoms with van der Waals surface area (Å²) in [6.07, 6.45) is 3.97. The van der Waals surface area contributed by atoms with Crippen LogP contribution in [0.1, 0.15) is 30.4 Å². The van der Waals surface area contributed by atoms with Gasteiger partial charge in [0, 0.05) is 7.05 Å². The summed E-state index contributed by atoms with van der Waals surface area (Å²) < 4.78 is 5.61. The lowest BCUT2D eigenvalue weighted by Crippen LogP contribution is -2.41. The summed E-state index contributed by atoms with van der Waals surface area (Å²) in [6.45, 7) is 0.803. The SMILES string of the molecule is CNNC(=O)C1(c2ccc3c(c2)CCCO3)CC1. The molecule has 4 nitrogen and oxygen atoms in total. The first-order valence-electron chi connectivity index (χ1n) is 6.50. The number of amides is 1. The second-order valence-corrected chi connectivity index (χ2v) is 5.06. The largest absolute Gasteiger partial charge is 0.493 e. The lowest BCUT2D eigenvalue weighted by atomic mass is 9.92. The van der Waals surface area contributed by atoms with Crippen molar-refractivity contribution < 1.29 is 9.53 Å². The fraction of sp³-hybridized carbons (Fsp3) is 0.500. The van der Waals surface area contributed by atoms with Crippen LogP contribution in [0.4, 0.5) is 0 Å². The van der Waals surface area contributed by atoms with E-state index in [-0.39, 0.29) is 11.3 Å². The van der Waals surface area contributed by atoms with E-state index >= 15 is 0 Å². The van der Waals surface area contributed by atoms with Crippen molar-refractivity contribution in [2.24, 2.45) is 0 Å². The van der Waals surface area contributed by atoms with Crippen molar-refractivity contribution in [2.75, 3.05) is 13.7 Å². The molecule has 0 unspecified atom stereocenters. The Morgan fingerprint density at radius 2 is 2.22 bits per heavy atom. The molecule has 0 atom stereocenters. The van der Waals surface area contributed by atoms with Gasteiger partial charge in [-0.3, -0.25) is 10.2 Å². The van der Waals surface area contributed by atoms with E-state index in [1.54, 1.807) is 7.05 Å². The van der Waals surface area contributed by atoms with Crippen LogP contribution < -0.4 is 15.6 Å². The molecule has 18 heavy (non-hydrogen) atoms. The number of ether oxygens (including phenoxy) is 1. The summed E-state index contributed by atoms with van der Waals surface area (Å²) >= 11 is 0. The van der Waals surface area contributed by atoms with Gasteiger partial charge < -0.3 is 4.74 Å². The number of aryl methyl sites for hydroxylation is 1. The normalized spacial score (nSPS) is 19.6. The van der Waals surface area contributed by atoms with Crippen LogP contribution in [0.3, 0.4) is 0 Å². The Bertz CT molecular complexity index is 481. The van der Waals surface area contributed by atoms with E-state index in [1.807, 2.05) is 12.1 Å². The maximum atomic E-state index is 12.1. The average Bonchev–Trinajstić information content (AvgIpc) is 3.20. The van der Waals surface area contributed by atoms with E-state index in [0.29, 0.717) is 0 Å². The molecule has 0 aromatic heterocycles. The Kier molecular flexibility index (Phi) is 2.74. The van der Waals surface area contributed by atoms with Gasteiger partial charge in [-0.25, -0.2) is 5.43 Å². The van der Waals surface area contributed by atoms with Gasteiger partial charge in [-0.2, -0.15) is 0 Å². The van der Waals surface area contributed by atoms with E-state index in [4.69, 9.17) is 4.74 Å². The maximum Gasteiger partial charge on any atom is 0.244 e. The fourth-order valence-electron chi connectivity index (χ4n) is 2.66. The third kappa shape index (κ3) is 1.77. The Hall–Kier alpha value is -1.55. The molecule has 0 bridgehead atoms. The molecule has 1 aliphatic carbocycles. The molecule has 0 saturated heterocycles. The smallest absolute Gasteiger partial charge is 0.244 e. The predicted octanol–water partition coefficient (Wildman–Crippen LogP) is 1.29. The standard InChI is InChI=1S/C14H18N2O2/c1-15-16-13(17)14(6-7-14)11-4-5-12-10(9-11)3-2-8-18-12/h4-5,9,15H,2-3,6-8H2,1H3,(H,16,17). The predicted molar refractivity (Wildman–Crippen MR) is 68.4 cm³/mol. The third-order valence-corrected chi connectivity index (χ3v) is 3.88. The van der Waals surface area contributed by atoms with Crippen molar-refractivity contribution in [1.29, 1.82) is 0 Å².